The Morgan fingerprint density at radius 1 is 1.12 bits per heavy atom. The van der Waals surface area contributed by atoms with Crippen LogP contribution in [0.3, 0.4) is 0 Å². The molecule has 1 saturated heterocycles. The maximum absolute atomic E-state index is 12.7. The lowest BCUT2D eigenvalue weighted by Crippen LogP contribution is -2.38. The molecule has 1 fully saturated rings. The Kier molecular flexibility index (Phi) is 6.57. The van der Waals surface area contributed by atoms with Gasteiger partial charge < -0.3 is 9.64 Å². The van der Waals surface area contributed by atoms with E-state index in [1.54, 1.807) is 0 Å². The number of hydrogen-bond donors (Lipinski definition) is 0. The van der Waals surface area contributed by atoms with Gasteiger partial charge in [-0.3, -0.25) is 9.78 Å². The van der Waals surface area contributed by atoms with Crippen molar-refractivity contribution in [1.82, 2.24) is 9.88 Å². The summed E-state index contributed by atoms with van der Waals surface area (Å²) in [6.07, 6.45) is 6.36. The molecule has 1 aromatic carbocycles. The highest BCUT2D eigenvalue weighted by atomic mass is 16.5. The first-order chi connectivity index (χ1) is 12.3. The number of aromatic nitrogens is 1. The van der Waals surface area contributed by atoms with Crippen LogP contribution in [0.15, 0.2) is 54.7 Å². The van der Waals surface area contributed by atoms with Crippen LogP contribution in [0.1, 0.15) is 49.4 Å². The van der Waals surface area contributed by atoms with Gasteiger partial charge in [0.15, 0.2) is 0 Å². The molecule has 0 saturated carbocycles. The Balaban J connectivity index is 1.45. The van der Waals surface area contributed by atoms with Crippen LogP contribution < -0.4 is 0 Å². The molecule has 25 heavy (non-hydrogen) atoms. The summed E-state index contributed by atoms with van der Waals surface area (Å²) in [5.74, 6) is 0.221. The van der Waals surface area contributed by atoms with E-state index in [-0.39, 0.29) is 11.9 Å². The zero-order valence-corrected chi connectivity index (χ0v) is 14.6. The number of rotatable bonds is 7. The molecule has 1 aromatic heterocycles. The first-order valence-electron chi connectivity index (χ1n) is 9.16. The van der Waals surface area contributed by atoms with Gasteiger partial charge in [0, 0.05) is 25.8 Å². The second-order valence-corrected chi connectivity index (χ2v) is 6.50. The summed E-state index contributed by atoms with van der Waals surface area (Å²) in [7, 11) is 0. The maximum Gasteiger partial charge on any atom is 0.223 e. The molecule has 2 aromatic rings. The fourth-order valence-corrected chi connectivity index (χ4v) is 3.34. The largest absolute Gasteiger partial charge is 0.377 e. The van der Waals surface area contributed by atoms with Crippen LogP contribution >= 0.6 is 0 Å². The second-order valence-electron chi connectivity index (χ2n) is 6.50. The van der Waals surface area contributed by atoms with Crippen molar-refractivity contribution in [1.29, 1.82) is 0 Å². The Hall–Kier alpha value is -2.20. The number of benzene rings is 1. The van der Waals surface area contributed by atoms with E-state index in [2.05, 4.69) is 17.1 Å². The van der Waals surface area contributed by atoms with Crippen molar-refractivity contribution in [2.45, 2.75) is 44.8 Å². The lowest BCUT2D eigenvalue weighted by Gasteiger charge is -2.35. The van der Waals surface area contributed by atoms with Crippen molar-refractivity contribution >= 4 is 5.91 Å². The van der Waals surface area contributed by atoms with E-state index in [0.717, 1.165) is 37.9 Å². The molecule has 132 valence electrons. The summed E-state index contributed by atoms with van der Waals surface area (Å²) in [5, 5.41) is 0. The average Bonchev–Trinajstić information content (AvgIpc) is 2.69. The normalized spacial score (nSPS) is 17.4. The molecular weight excluding hydrogens is 312 g/mol. The quantitative estimate of drug-likeness (QED) is 0.713. The van der Waals surface area contributed by atoms with Crippen molar-refractivity contribution in [2.24, 2.45) is 0 Å². The highest BCUT2D eigenvalue weighted by Gasteiger charge is 2.28. The topological polar surface area (TPSA) is 42.4 Å². The molecule has 0 bridgehead atoms. The number of ether oxygens (including phenoxy) is 1. The molecule has 4 heteroatoms. The van der Waals surface area contributed by atoms with Crippen LogP contribution in [0.25, 0.3) is 0 Å². The number of carbonyl (C=O) groups is 1. The Labute approximate surface area is 149 Å². The van der Waals surface area contributed by atoms with E-state index in [1.165, 1.54) is 5.56 Å². The van der Waals surface area contributed by atoms with Crippen molar-refractivity contribution < 1.29 is 9.53 Å². The molecule has 0 unspecified atom stereocenters. The van der Waals surface area contributed by atoms with Crippen molar-refractivity contribution in [3.05, 3.63) is 66.0 Å². The van der Waals surface area contributed by atoms with Gasteiger partial charge in [-0.15, -0.1) is 0 Å². The molecule has 1 aliphatic heterocycles. The number of likely N-dealkylation sites (tertiary alicyclic amines) is 1. The average molecular weight is 338 g/mol. The highest BCUT2D eigenvalue weighted by molar-refractivity contribution is 5.76. The van der Waals surface area contributed by atoms with Gasteiger partial charge in [0.25, 0.3) is 0 Å². The predicted molar refractivity (Wildman–Crippen MR) is 97.9 cm³/mol. The summed E-state index contributed by atoms with van der Waals surface area (Å²) in [4.78, 5) is 19.1. The standard InChI is InChI=1S/C21H26N2O2/c24-21(13-8-16-25-17-18-9-2-1-3-10-18)23-15-7-5-12-20(23)19-11-4-6-14-22-19/h1-4,6,9-11,14,20H,5,7-8,12-13,15-17H2/t20-/m1/s1. The third-order valence-electron chi connectivity index (χ3n) is 4.64. The smallest absolute Gasteiger partial charge is 0.223 e. The van der Waals surface area contributed by atoms with Crippen LogP contribution in [0.2, 0.25) is 0 Å². The summed E-state index contributed by atoms with van der Waals surface area (Å²) in [6, 6.07) is 16.2. The van der Waals surface area contributed by atoms with Gasteiger partial charge in [-0.2, -0.15) is 0 Å². The molecule has 0 aliphatic carbocycles. The molecule has 2 heterocycles. The van der Waals surface area contributed by atoms with E-state index < -0.39 is 0 Å². The number of piperidine rings is 1. The molecule has 1 atom stereocenters. The maximum atomic E-state index is 12.7. The van der Waals surface area contributed by atoms with Crippen molar-refractivity contribution in [3.8, 4) is 0 Å². The van der Waals surface area contributed by atoms with E-state index in [4.69, 9.17) is 4.74 Å². The summed E-state index contributed by atoms with van der Waals surface area (Å²) in [6.45, 7) is 2.06. The molecule has 0 N–H and O–H groups in total. The Morgan fingerprint density at radius 3 is 2.76 bits per heavy atom. The first-order valence-corrected chi connectivity index (χ1v) is 9.16. The molecule has 0 spiro atoms. The first kappa shape index (κ1) is 17.6. The molecule has 0 radical (unpaired) electrons. The zero-order valence-electron chi connectivity index (χ0n) is 14.6. The third kappa shape index (κ3) is 5.13. The minimum Gasteiger partial charge on any atom is -0.377 e. The van der Waals surface area contributed by atoms with Gasteiger partial charge in [0.2, 0.25) is 5.91 Å². The lowest BCUT2D eigenvalue weighted by atomic mass is 9.98. The van der Waals surface area contributed by atoms with E-state index in [0.29, 0.717) is 19.6 Å². The third-order valence-corrected chi connectivity index (χ3v) is 4.64. The van der Waals surface area contributed by atoms with E-state index >= 15 is 0 Å². The summed E-state index contributed by atoms with van der Waals surface area (Å²) >= 11 is 0. The monoisotopic (exact) mass is 338 g/mol. The van der Waals surface area contributed by atoms with Crippen LogP contribution in [-0.2, 0) is 16.1 Å². The summed E-state index contributed by atoms with van der Waals surface area (Å²) in [5.41, 5.74) is 2.18. The number of amides is 1. The van der Waals surface area contributed by atoms with Crippen LogP contribution in [0, 0.1) is 0 Å². The second kappa shape index (κ2) is 9.33. The van der Waals surface area contributed by atoms with Gasteiger partial charge in [-0.1, -0.05) is 36.4 Å². The van der Waals surface area contributed by atoms with E-state index in [9.17, 15) is 4.79 Å². The minimum absolute atomic E-state index is 0.132. The molecule has 3 rings (SSSR count). The number of pyridine rings is 1. The zero-order chi connectivity index (χ0) is 17.3. The van der Waals surface area contributed by atoms with Gasteiger partial charge in [-0.25, -0.2) is 0 Å². The summed E-state index contributed by atoms with van der Waals surface area (Å²) < 4.78 is 5.69. The number of carbonyl (C=O) groups excluding carboxylic acids is 1. The molecule has 1 aliphatic rings. The van der Waals surface area contributed by atoms with Crippen molar-refractivity contribution in [3.63, 3.8) is 0 Å². The SMILES string of the molecule is O=C(CCCOCc1ccccc1)N1CCCC[C@@H]1c1ccccn1. The minimum atomic E-state index is 0.132. The van der Waals surface area contributed by atoms with E-state index in [1.807, 2.05) is 47.5 Å². The van der Waals surface area contributed by atoms with Crippen LogP contribution in [-0.4, -0.2) is 28.9 Å². The highest BCUT2D eigenvalue weighted by Crippen LogP contribution is 2.30. The Morgan fingerprint density at radius 2 is 1.96 bits per heavy atom. The predicted octanol–water partition coefficient (Wildman–Crippen LogP) is 4.13. The van der Waals surface area contributed by atoms with Gasteiger partial charge in [0.05, 0.1) is 18.3 Å². The van der Waals surface area contributed by atoms with Crippen LogP contribution in [0.5, 0.6) is 0 Å². The number of nitrogens with zero attached hydrogens (tertiary/aromatic N) is 2. The van der Waals surface area contributed by atoms with Crippen molar-refractivity contribution in [2.75, 3.05) is 13.2 Å². The van der Waals surface area contributed by atoms with Gasteiger partial charge >= 0.3 is 0 Å². The number of hydrogen-bond acceptors (Lipinski definition) is 3. The molecule has 4 nitrogen and oxygen atoms in total. The fourth-order valence-electron chi connectivity index (χ4n) is 3.34. The molecule has 1 amide bonds. The van der Waals surface area contributed by atoms with Gasteiger partial charge in [-0.05, 0) is 43.4 Å². The fraction of sp³-hybridized carbons (Fsp3) is 0.429. The Bertz CT molecular complexity index is 645. The lowest BCUT2D eigenvalue weighted by molar-refractivity contribution is -0.135. The van der Waals surface area contributed by atoms with Gasteiger partial charge in [0.1, 0.15) is 0 Å². The molecular formula is C21H26N2O2. The van der Waals surface area contributed by atoms with Crippen LogP contribution in [0.4, 0.5) is 0 Å².